The van der Waals surface area contributed by atoms with Crippen LogP contribution in [-0.2, 0) is 4.79 Å². The van der Waals surface area contributed by atoms with Gasteiger partial charge in [0, 0.05) is 28.9 Å². The van der Waals surface area contributed by atoms with E-state index in [-0.39, 0.29) is 12.2 Å². The Morgan fingerprint density at radius 3 is 2.15 bits per heavy atom. The number of halogens is 1. The molecule has 0 aliphatic carbocycles. The molecule has 0 saturated heterocycles. The third-order valence-corrected chi connectivity index (χ3v) is 3.29. The Morgan fingerprint density at radius 1 is 1.00 bits per heavy atom. The fraction of sp³-hybridized carbons (Fsp3) is 0.125. The van der Waals surface area contributed by atoms with Gasteiger partial charge < -0.3 is 9.90 Å². The van der Waals surface area contributed by atoms with Crippen LogP contribution in [-0.4, -0.2) is 11.8 Å². The summed E-state index contributed by atoms with van der Waals surface area (Å²) in [5.74, 6) is -2.47. The molecule has 20 heavy (non-hydrogen) atoms. The van der Waals surface area contributed by atoms with Gasteiger partial charge in [0.1, 0.15) is 0 Å². The molecule has 0 aliphatic heterocycles. The maximum absolute atomic E-state index is 12.1. The van der Waals surface area contributed by atoms with Crippen LogP contribution < -0.4 is 5.11 Å². The molecular weight excluding hydrogens is 276 g/mol. The van der Waals surface area contributed by atoms with Crippen LogP contribution in [0.3, 0.4) is 0 Å². The number of hydrogen-bond acceptors (Lipinski definition) is 3. The zero-order valence-electron chi connectivity index (χ0n) is 10.6. The molecule has 4 heteroatoms. The molecule has 2 rings (SSSR count). The predicted octanol–water partition coefficient (Wildman–Crippen LogP) is 2.45. The number of benzene rings is 2. The first-order valence-electron chi connectivity index (χ1n) is 6.12. The number of hydrogen-bond donors (Lipinski definition) is 0. The minimum Gasteiger partial charge on any atom is -0.549 e. The molecule has 102 valence electrons. The van der Waals surface area contributed by atoms with E-state index in [1.165, 1.54) is 0 Å². The number of aliphatic carboxylic acids is 1. The topological polar surface area (TPSA) is 57.2 Å². The molecule has 2 aromatic carbocycles. The van der Waals surface area contributed by atoms with Crippen molar-refractivity contribution in [2.45, 2.75) is 12.3 Å². The van der Waals surface area contributed by atoms with E-state index in [0.29, 0.717) is 16.1 Å². The lowest BCUT2D eigenvalue weighted by atomic mass is 9.92. The number of carboxylic acids is 1. The summed E-state index contributed by atoms with van der Waals surface area (Å²) in [7, 11) is 0. The maximum Gasteiger partial charge on any atom is 0.163 e. The highest BCUT2D eigenvalue weighted by molar-refractivity contribution is 6.30. The summed E-state index contributed by atoms with van der Waals surface area (Å²) in [6.07, 6.45) is -0.131. The highest BCUT2D eigenvalue weighted by Crippen LogP contribution is 2.23. The van der Waals surface area contributed by atoms with Crippen molar-refractivity contribution >= 4 is 23.4 Å². The maximum atomic E-state index is 12.1. The molecule has 0 N–H and O–H groups in total. The molecule has 1 atom stereocenters. The van der Waals surface area contributed by atoms with Crippen LogP contribution in [0.4, 0.5) is 0 Å². The third-order valence-electron chi connectivity index (χ3n) is 3.04. The van der Waals surface area contributed by atoms with Crippen LogP contribution in [0.25, 0.3) is 0 Å². The van der Waals surface area contributed by atoms with Gasteiger partial charge in [0.2, 0.25) is 0 Å². The number of carbonyl (C=O) groups is 2. The summed E-state index contributed by atoms with van der Waals surface area (Å²) in [6.45, 7) is 0. The van der Waals surface area contributed by atoms with Crippen LogP contribution in [0.15, 0.2) is 54.6 Å². The van der Waals surface area contributed by atoms with Crippen molar-refractivity contribution < 1.29 is 14.7 Å². The van der Waals surface area contributed by atoms with E-state index in [0.717, 1.165) is 0 Å². The minimum absolute atomic E-state index is 0.131. The van der Waals surface area contributed by atoms with Gasteiger partial charge in [-0.25, -0.2) is 0 Å². The second-order valence-electron chi connectivity index (χ2n) is 4.42. The van der Waals surface area contributed by atoms with Crippen LogP contribution in [0.1, 0.15) is 28.3 Å². The summed E-state index contributed by atoms with van der Waals surface area (Å²) in [5.41, 5.74) is 1.01. The van der Waals surface area contributed by atoms with Gasteiger partial charge in [0.25, 0.3) is 0 Å². The smallest absolute Gasteiger partial charge is 0.163 e. The Labute approximate surface area is 121 Å². The lowest BCUT2D eigenvalue weighted by Crippen LogP contribution is -2.31. The number of Topliss-reactive ketones (excluding diaryl/α,β-unsaturated/α-hetero) is 1. The molecule has 0 aromatic heterocycles. The zero-order valence-corrected chi connectivity index (χ0v) is 11.3. The van der Waals surface area contributed by atoms with E-state index >= 15 is 0 Å². The van der Waals surface area contributed by atoms with E-state index in [2.05, 4.69) is 0 Å². The SMILES string of the molecule is O=C(C[C@@H](C(=O)[O-])c1ccc(Cl)cc1)c1ccccc1. The molecule has 2 aromatic rings. The molecule has 3 nitrogen and oxygen atoms in total. The van der Waals surface area contributed by atoms with E-state index in [1.54, 1.807) is 54.6 Å². The first-order valence-corrected chi connectivity index (χ1v) is 6.50. The second-order valence-corrected chi connectivity index (χ2v) is 4.85. The number of carbonyl (C=O) groups excluding carboxylic acids is 2. The number of ketones is 1. The summed E-state index contributed by atoms with van der Waals surface area (Å²) in [5, 5.41) is 11.8. The van der Waals surface area contributed by atoms with Crippen molar-refractivity contribution in [1.29, 1.82) is 0 Å². The fourth-order valence-corrected chi connectivity index (χ4v) is 2.09. The molecule has 0 spiro atoms. The normalized spacial score (nSPS) is 11.8. The molecule has 0 radical (unpaired) electrons. The molecule has 0 amide bonds. The third kappa shape index (κ3) is 3.45. The monoisotopic (exact) mass is 287 g/mol. The van der Waals surface area contributed by atoms with Gasteiger partial charge in [-0.3, -0.25) is 4.79 Å². The predicted molar refractivity (Wildman–Crippen MR) is 74.6 cm³/mol. The van der Waals surface area contributed by atoms with E-state index < -0.39 is 11.9 Å². The van der Waals surface area contributed by atoms with Gasteiger partial charge in [0.05, 0.1) is 0 Å². The van der Waals surface area contributed by atoms with Crippen LogP contribution in [0.5, 0.6) is 0 Å². The second kappa shape index (κ2) is 6.35. The van der Waals surface area contributed by atoms with Crippen molar-refractivity contribution in [3.63, 3.8) is 0 Å². The van der Waals surface area contributed by atoms with Gasteiger partial charge in [-0.2, -0.15) is 0 Å². The lowest BCUT2D eigenvalue weighted by molar-refractivity contribution is -0.307. The van der Waals surface area contributed by atoms with E-state index in [1.807, 2.05) is 0 Å². The highest BCUT2D eigenvalue weighted by Gasteiger charge is 2.18. The van der Waals surface area contributed by atoms with Gasteiger partial charge in [-0.1, -0.05) is 54.1 Å². The average Bonchev–Trinajstić information content (AvgIpc) is 2.46. The van der Waals surface area contributed by atoms with Gasteiger partial charge >= 0.3 is 0 Å². The van der Waals surface area contributed by atoms with Crippen LogP contribution >= 0.6 is 11.6 Å². The molecule has 0 bridgehead atoms. The molecule has 0 saturated carbocycles. The molecule has 0 fully saturated rings. The minimum atomic E-state index is -1.27. The molecule has 0 unspecified atom stereocenters. The van der Waals surface area contributed by atoms with E-state index in [4.69, 9.17) is 11.6 Å². The number of carboxylic acid groups (broad SMARTS) is 1. The van der Waals surface area contributed by atoms with E-state index in [9.17, 15) is 14.7 Å². The molecular formula is C16H12ClO3-. The molecule has 0 aliphatic rings. The highest BCUT2D eigenvalue weighted by atomic mass is 35.5. The Balaban J connectivity index is 2.20. The first kappa shape index (κ1) is 14.3. The molecule has 0 heterocycles. The van der Waals surface area contributed by atoms with Gasteiger partial charge in [-0.15, -0.1) is 0 Å². The zero-order chi connectivity index (χ0) is 14.5. The van der Waals surface area contributed by atoms with Gasteiger partial charge in [-0.05, 0) is 17.7 Å². The number of rotatable bonds is 5. The standard InChI is InChI=1S/C16H13ClO3/c17-13-8-6-11(7-9-13)14(16(19)20)10-15(18)12-4-2-1-3-5-12/h1-9,14H,10H2,(H,19,20)/p-1/t14-/m1/s1. The Morgan fingerprint density at radius 2 is 1.60 bits per heavy atom. The van der Waals surface area contributed by atoms with Crippen molar-refractivity contribution in [2.24, 2.45) is 0 Å². The summed E-state index contributed by atoms with van der Waals surface area (Å²) >= 11 is 5.77. The van der Waals surface area contributed by atoms with Crippen molar-refractivity contribution in [3.05, 3.63) is 70.7 Å². The largest absolute Gasteiger partial charge is 0.549 e. The summed E-state index contributed by atoms with van der Waals surface area (Å²) in [6, 6.07) is 15.0. The first-order chi connectivity index (χ1) is 9.58. The van der Waals surface area contributed by atoms with Crippen molar-refractivity contribution in [2.75, 3.05) is 0 Å². The van der Waals surface area contributed by atoms with Crippen LogP contribution in [0, 0.1) is 0 Å². The Hall–Kier alpha value is -2.13. The Bertz CT molecular complexity index is 605. The summed E-state index contributed by atoms with van der Waals surface area (Å²) in [4.78, 5) is 23.3. The lowest BCUT2D eigenvalue weighted by Gasteiger charge is -2.18. The van der Waals surface area contributed by atoms with Crippen LogP contribution in [0.2, 0.25) is 5.02 Å². The van der Waals surface area contributed by atoms with Crippen molar-refractivity contribution in [3.8, 4) is 0 Å². The van der Waals surface area contributed by atoms with Crippen molar-refractivity contribution in [1.82, 2.24) is 0 Å². The fourth-order valence-electron chi connectivity index (χ4n) is 1.96. The Kier molecular flexibility index (Phi) is 4.53. The van der Waals surface area contributed by atoms with Gasteiger partial charge in [0.15, 0.2) is 5.78 Å². The summed E-state index contributed by atoms with van der Waals surface area (Å²) < 4.78 is 0. The average molecular weight is 288 g/mol. The quantitative estimate of drug-likeness (QED) is 0.794.